The molecule has 3 aromatic carbocycles. The van der Waals surface area contributed by atoms with Crippen molar-refractivity contribution >= 4 is 33.6 Å². The van der Waals surface area contributed by atoms with E-state index < -0.39 is 0 Å². The average molecular weight is 654 g/mol. The van der Waals surface area contributed by atoms with Gasteiger partial charge in [0.2, 0.25) is 0 Å². The van der Waals surface area contributed by atoms with E-state index in [9.17, 15) is 0 Å². The minimum absolute atomic E-state index is 0.587. The van der Waals surface area contributed by atoms with Crippen LogP contribution in [0.3, 0.4) is 0 Å². The number of alkyl halides is 1. The van der Waals surface area contributed by atoms with Crippen molar-refractivity contribution in [3.8, 4) is 11.5 Å². The van der Waals surface area contributed by atoms with Gasteiger partial charge in [-0.05, 0) is 73.3 Å². The van der Waals surface area contributed by atoms with E-state index in [1.165, 1.54) is 22.2 Å². The van der Waals surface area contributed by atoms with Crippen LogP contribution in [-0.4, -0.2) is 40.7 Å². The predicted octanol–water partition coefficient (Wildman–Crippen LogP) is 8.25. The Labute approximate surface area is 254 Å². The lowest BCUT2D eigenvalue weighted by Crippen LogP contribution is -2.25. The van der Waals surface area contributed by atoms with Gasteiger partial charge in [-0.3, -0.25) is 0 Å². The van der Waals surface area contributed by atoms with Crippen molar-refractivity contribution in [2.45, 2.75) is 70.5 Å². The van der Waals surface area contributed by atoms with Crippen LogP contribution in [0.4, 0.5) is 0 Å². The van der Waals surface area contributed by atoms with Crippen molar-refractivity contribution in [3.63, 3.8) is 0 Å². The summed E-state index contributed by atoms with van der Waals surface area (Å²) >= 11 is 2.39. The van der Waals surface area contributed by atoms with Crippen molar-refractivity contribution in [1.29, 1.82) is 0 Å². The Morgan fingerprint density at radius 1 is 0.775 bits per heavy atom. The zero-order valence-corrected chi connectivity index (χ0v) is 26.5. The quantitative estimate of drug-likeness (QED) is 0.0654. The van der Waals surface area contributed by atoms with Crippen molar-refractivity contribution in [2.24, 2.45) is 0 Å². The molecule has 0 bridgehead atoms. The molecule has 0 spiro atoms. The summed E-state index contributed by atoms with van der Waals surface area (Å²) in [5, 5.41) is 0. The number of rotatable bonds is 17. The molecule has 1 aromatic heterocycles. The number of nitrogens with zero attached hydrogens (tertiary/aromatic N) is 3. The molecule has 0 unspecified atom stereocenters. The van der Waals surface area contributed by atoms with Gasteiger partial charge >= 0.3 is 0 Å². The van der Waals surface area contributed by atoms with Crippen LogP contribution in [0.15, 0.2) is 66.7 Å². The second-order valence-electron chi connectivity index (χ2n) is 10.3. The first-order chi connectivity index (χ1) is 19.6. The fourth-order valence-electron chi connectivity index (χ4n) is 4.92. The third kappa shape index (κ3) is 8.71. The van der Waals surface area contributed by atoms with Gasteiger partial charge in [-0.1, -0.05) is 86.2 Å². The van der Waals surface area contributed by atoms with Gasteiger partial charge in [-0.15, -0.1) is 0 Å². The third-order valence-corrected chi connectivity index (χ3v) is 8.34. The monoisotopic (exact) mass is 653 g/mol. The summed E-state index contributed by atoms with van der Waals surface area (Å²) in [6, 6.07) is 23.5. The summed E-state index contributed by atoms with van der Waals surface area (Å²) in [5.41, 5.74) is 6.06. The molecule has 0 saturated heterocycles. The molecular formula is C34H44IN3O2. The van der Waals surface area contributed by atoms with E-state index >= 15 is 0 Å². The molecule has 6 heteroatoms. The Bertz CT molecular complexity index is 1300. The van der Waals surface area contributed by atoms with Crippen LogP contribution in [0, 0.1) is 0 Å². The first kappa shape index (κ1) is 30.4. The molecule has 0 saturated carbocycles. The summed E-state index contributed by atoms with van der Waals surface area (Å²) in [6.45, 7) is 12.2. The first-order valence-corrected chi connectivity index (χ1v) is 16.4. The molecule has 0 fully saturated rings. The van der Waals surface area contributed by atoms with Gasteiger partial charge < -0.3 is 18.9 Å². The highest BCUT2D eigenvalue weighted by Crippen LogP contribution is 2.24. The van der Waals surface area contributed by atoms with Crippen LogP contribution in [0.2, 0.25) is 0 Å². The Balaban J connectivity index is 1.36. The van der Waals surface area contributed by atoms with Crippen LogP contribution >= 0.6 is 22.6 Å². The fourth-order valence-corrected chi connectivity index (χ4v) is 5.43. The number of benzene rings is 3. The fraction of sp³-hybridized carbons (Fsp3) is 0.441. The number of imidazole rings is 1. The molecule has 0 aliphatic rings. The number of aromatic nitrogens is 2. The Kier molecular flexibility index (Phi) is 12.2. The lowest BCUT2D eigenvalue weighted by atomic mass is 10.1. The highest BCUT2D eigenvalue weighted by Gasteiger charge is 2.12. The maximum absolute atomic E-state index is 6.14. The van der Waals surface area contributed by atoms with E-state index in [0.717, 1.165) is 92.2 Å². The zero-order chi connectivity index (χ0) is 28.2. The number of halogens is 1. The topological polar surface area (TPSA) is 39.5 Å². The van der Waals surface area contributed by atoms with E-state index in [2.05, 4.69) is 120 Å². The number of fused-ring (bicyclic) bond motifs is 1. The largest absolute Gasteiger partial charge is 0.493 e. The normalized spacial score (nSPS) is 11.4. The summed E-state index contributed by atoms with van der Waals surface area (Å²) in [4.78, 5) is 7.47. The number of ether oxygens (including phenoxy) is 2. The second kappa shape index (κ2) is 16.0. The molecule has 0 N–H and O–H groups in total. The van der Waals surface area contributed by atoms with Gasteiger partial charge in [0.1, 0.15) is 23.9 Å². The molecule has 1 heterocycles. The highest BCUT2D eigenvalue weighted by atomic mass is 127. The van der Waals surface area contributed by atoms with Crippen LogP contribution in [0.1, 0.15) is 62.5 Å². The molecule has 0 amide bonds. The van der Waals surface area contributed by atoms with E-state index in [1.54, 1.807) is 0 Å². The predicted molar refractivity (Wildman–Crippen MR) is 175 cm³/mol. The minimum Gasteiger partial charge on any atom is -0.493 e. The number of unbranched alkanes of at least 4 members (excludes halogenated alkanes) is 1. The standard InChI is InChI=1S/C34H44IN3O2/c1-4-7-22-38-33-24-31(39-23-8-21-37(5-2)6-3)18-19-32(33)36-34(38)20-15-27-13-16-30(17-14-27)40-26-29-11-9-28(25-35)10-12-29/h9-14,16-19,24H,4-8,15,20-23,25-26H2,1-3H3. The smallest absolute Gasteiger partial charge is 0.121 e. The van der Waals surface area contributed by atoms with Crippen molar-refractivity contribution < 1.29 is 9.47 Å². The Morgan fingerprint density at radius 2 is 1.48 bits per heavy atom. The number of aryl methyl sites for hydroxylation is 3. The van der Waals surface area contributed by atoms with E-state index in [4.69, 9.17) is 14.5 Å². The van der Waals surface area contributed by atoms with Gasteiger partial charge in [0.15, 0.2) is 0 Å². The molecule has 0 radical (unpaired) electrons. The summed E-state index contributed by atoms with van der Waals surface area (Å²) in [6.07, 6.45) is 5.19. The molecular weight excluding hydrogens is 609 g/mol. The maximum Gasteiger partial charge on any atom is 0.121 e. The van der Waals surface area contributed by atoms with E-state index in [-0.39, 0.29) is 0 Å². The lowest BCUT2D eigenvalue weighted by Gasteiger charge is -2.17. The molecule has 40 heavy (non-hydrogen) atoms. The Hall–Kier alpha value is -2.58. The molecule has 0 aliphatic carbocycles. The molecule has 4 aromatic rings. The van der Waals surface area contributed by atoms with Crippen LogP contribution in [-0.2, 0) is 30.4 Å². The van der Waals surface area contributed by atoms with Gasteiger partial charge in [0.05, 0.1) is 17.6 Å². The first-order valence-electron chi connectivity index (χ1n) is 14.8. The molecule has 214 valence electrons. The summed E-state index contributed by atoms with van der Waals surface area (Å²) < 4.78 is 15.6. The van der Waals surface area contributed by atoms with Gasteiger partial charge in [-0.2, -0.15) is 0 Å². The zero-order valence-electron chi connectivity index (χ0n) is 24.4. The maximum atomic E-state index is 6.14. The molecule has 0 atom stereocenters. The SMILES string of the molecule is CCCCn1c(CCc2ccc(OCc3ccc(CI)cc3)cc2)nc2ccc(OCCCN(CC)CC)cc21. The lowest BCUT2D eigenvalue weighted by molar-refractivity contribution is 0.249. The van der Waals surface area contributed by atoms with Gasteiger partial charge in [0.25, 0.3) is 0 Å². The van der Waals surface area contributed by atoms with Gasteiger partial charge in [0, 0.05) is 30.0 Å². The minimum atomic E-state index is 0.587. The average Bonchev–Trinajstić information content (AvgIpc) is 3.35. The molecule has 0 aliphatic heterocycles. The van der Waals surface area contributed by atoms with E-state index in [0.29, 0.717) is 6.61 Å². The highest BCUT2D eigenvalue weighted by molar-refractivity contribution is 14.1. The summed E-state index contributed by atoms with van der Waals surface area (Å²) in [7, 11) is 0. The Morgan fingerprint density at radius 3 is 2.17 bits per heavy atom. The van der Waals surface area contributed by atoms with Gasteiger partial charge in [-0.25, -0.2) is 4.98 Å². The van der Waals surface area contributed by atoms with Crippen molar-refractivity contribution in [2.75, 3.05) is 26.2 Å². The summed E-state index contributed by atoms with van der Waals surface area (Å²) in [5.74, 6) is 2.99. The molecule has 5 nitrogen and oxygen atoms in total. The molecule has 4 rings (SSSR count). The van der Waals surface area contributed by atoms with Crippen LogP contribution in [0.5, 0.6) is 11.5 Å². The van der Waals surface area contributed by atoms with Crippen LogP contribution in [0.25, 0.3) is 11.0 Å². The second-order valence-corrected chi connectivity index (χ2v) is 11.1. The number of hydrogen-bond donors (Lipinski definition) is 0. The van der Waals surface area contributed by atoms with Crippen LogP contribution < -0.4 is 9.47 Å². The third-order valence-electron chi connectivity index (χ3n) is 7.46. The van der Waals surface area contributed by atoms with E-state index in [1.807, 2.05) is 0 Å². The number of hydrogen-bond acceptors (Lipinski definition) is 4. The van der Waals surface area contributed by atoms with Crippen molar-refractivity contribution in [1.82, 2.24) is 14.5 Å². The van der Waals surface area contributed by atoms with Crippen molar-refractivity contribution in [3.05, 3.63) is 89.2 Å².